The number of hydrogen-bond acceptors (Lipinski definition) is 8. The number of hydrogen-bond donors (Lipinski definition) is 3. The molecule has 5 rings (SSSR count). The van der Waals surface area contributed by atoms with E-state index in [0.717, 1.165) is 23.1 Å². The predicted octanol–water partition coefficient (Wildman–Crippen LogP) is 3.54. The second-order valence-electron chi connectivity index (χ2n) is 9.94. The third-order valence-corrected chi connectivity index (χ3v) is 7.36. The second-order valence-corrected chi connectivity index (χ2v) is 9.94. The Balaban J connectivity index is 1.48. The van der Waals surface area contributed by atoms with Gasteiger partial charge in [0.2, 0.25) is 17.8 Å². The molecule has 10 nitrogen and oxygen atoms in total. The van der Waals surface area contributed by atoms with E-state index in [1.807, 2.05) is 47.4 Å². The van der Waals surface area contributed by atoms with Gasteiger partial charge in [0.25, 0.3) is 0 Å². The van der Waals surface area contributed by atoms with E-state index in [4.69, 9.17) is 26.7 Å². The lowest BCUT2D eigenvalue weighted by Crippen LogP contribution is -2.39. The molecule has 42 heavy (non-hydrogen) atoms. The SMILES string of the molecule is COc1cc(Cc2cnc(N)nc2N)cc(C=CC(=O)N2CCc3ccccc3C2c2ccc(C(N)=O)cc2)c1OC. The first-order chi connectivity index (χ1) is 20.3. The molecule has 1 aliphatic heterocycles. The number of ether oxygens (including phenoxy) is 2. The molecule has 0 fully saturated rings. The number of carbonyl (C=O) groups is 2. The Morgan fingerprint density at radius 1 is 1.05 bits per heavy atom. The molecule has 0 bridgehead atoms. The molecule has 1 unspecified atom stereocenters. The van der Waals surface area contributed by atoms with Crippen molar-refractivity contribution in [2.75, 3.05) is 32.2 Å². The van der Waals surface area contributed by atoms with Gasteiger partial charge in [-0.25, -0.2) is 4.98 Å². The van der Waals surface area contributed by atoms with Crippen molar-refractivity contribution in [3.8, 4) is 11.5 Å². The van der Waals surface area contributed by atoms with E-state index in [1.165, 1.54) is 5.56 Å². The number of amides is 2. The van der Waals surface area contributed by atoms with E-state index in [9.17, 15) is 9.59 Å². The quantitative estimate of drug-likeness (QED) is 0.274. The molecule has 0 spiro atoms. The molecule has 0 saturated carbocycles. The minimum atomic E-state index is -0.500. The van der Waals surface area contributed by atoms with Crippen LogP contribution in [0, 0.1) is 0 Å². The molecular formula is C32H32N6O4. The number of anilines is 2. The van der Waals surface area contributed by atoms with Crippen LogP contribution in [0.3, 0.4) is 0 Å². The standard InChI is InChI=1S/C32H32N6O4/c1-41-26-17-19(16-24-18-36-32(35)37-30(24)33)15-23(29(26)42-2)11-12-27(39)38-14-13-20-5-3-4-6-25(20)28(38)21-7-9-22(10-8-21)31(34)40/h3-12,15,17-18,28H,13-14,16H2,1-2H3,(H2,34,40)(H4,33,35,36,37). The first kappa shape index (κ1) is 28.2. The molecule has 0 saturated heterocycles. The average molecular weight is 565 g/mol. The van der Waals surface area contributed by atoms with Crippen molar-refractivity contribution in [3.63, 3.8) is 0 Å². The third-order valence-electron chi connectivity index (χ3n) is 7.36. The molecule has 1 atom stereocenters. The lowest BCUT2D eigenvalue weighted by atomic mass is 9.87. The van der Waals surface area contributed by atoms with Crippen LogP contribution >= 0.6 is 0 Å². The summed E-state index contributed by atoms with van der Waals surface area (Å²) in [5.41, 5.74) is 22.9. The summed E-state index contributed by atoms with van der Waals surface area (Å²) in [5, 5.41) is 0. The number of nitrogens with two attached hydrogens (primary N) is 3. The minimum absolute atomic E-state index is 0.105. The second kappa shape index (κ2) is 12.0. The van der Waals surface area contributed by atoms with Crippen molar-refractivity contribution < 1.29 is 19.1 Å². The summed E-state index contributed by atoms with van der Waals surface area (Å²) >= 11 is 0. The van der Waals surface area contributed by atoms with Crippen LogP contribution in [0.5, 0.6) is 11.5 Å². The molecule has 3 aromatic carbocycles. The van der Waals surface area contributed by atoms with E-state index < -0.39 is 5.91 Å². The summed E-state index contributed by atoms with van der Waals surface area (Å²) < 4.78 is 11.3. The van der Waals surface area contributed by atoms with Crippen LogP contribution in [-0.4, -0.2) is 47.4 Å². The van der Waals surface area contributed by atoms with Gasteiger partial charge in [0.05, 0.1) is 20.3 Å². The van der Waals surface area contributed by atoms with Gasteiger partial charge in [-0.2, -0.15) is 4.98 Å². The Labute approximate surface area is 243 Å². The van der Waals surface area contributed by atoms with Crippen LogP contribution in [0.2, 0.25) is 0 Å². The van der Waals surface area contributed by atoms with Gasteiger partial charge in [-0.15, -0.1) is 0 Å². The number of aromatic nitrogens is 2. The number of methoxy groups -OCH3 is 2. The summed E-state index contributed by atoms with van der Waals surface area (Å²) in [4.78, 5) is 35.4. The maximum Gasteiger partial charge on any atom is 0.248 e. The normalized spacial score (nSPS) is 14.4. The summed E-state index contributed by atoms with van der Waals surface area (Å²) in [6, 6.07) is 18.6. The van der Waals surface area contributed by atoms with Gasteiger partial charge in [0.15, 0.2) is 11.5 Å². The van der Waals surface area contributed by atoms with Crippen LogP contribution in [0.4, 0.5) is 11.8 Å². The minimum Gasteiger partial charge on any atom is -0.493 e. The highest BCUT2D eigenvalue weighted by molar-refractivity contribution is 5.94. The zero-order chi connectivity index (χ0) is 29.8. The van der Waals surface area contributed by atoms with E-state index in [-0.39, 0.29) is 17.9 Å². The van der Waals surface area contributed by atoms with Crippen molar-refractivity contribution in [3.05, 3.63) is 112 Å². The maximum atomic E-state index is 13.8. The lowest BCUT2D eigenvalue weighted by molar-refractivity contribution is -0.127. The Bertz CT molecular complexity index is 1670. The molecule has 0 radical (unpaired) electrons. The topological polar surface area (TPSA) is 160 Å². The molecule has 1 aliphatic rings. The summed E-state index contributed by atoms with van der Waals surface area (Å²) in [5.74, 6) is 0.736. The zero-order valence-electron chi connectivity index (χ0n) is 23.4. The van der Waals surface area contributed by atoms with Crippen molar-refractivity contribution in [1.82, 2.24) is 14.9 Å². The largest absolute Gasteiger partial charge is 0.493 e. The van der Waals surface area contributed by atoms with Crippen LogP contribution in [0.15, 0.2) is 72.9 Å². The van der Waals surface area contributed by atoms with Gasteiger partial charge in [0.1, 0.15) is 5.82 Å². The monoisotopic (exact) mass is 564 g/mol. The van der Waals surface area contributed by atoms with Gasteiger partial charge in [0, 0.05) is 41.9 Å². The number of nitrogens with zero attached hydrogens (tertiary/aromatic N) is 3. The molecular weight excluding hydrogens is 532 g/mol. The van der Waals surface area contributed by atoms with Crippen molar-refractivity contribution >= 4 is 29.7 Å². The molecule has 214 valence electrons. The fraction of sp³-hybridized carbons (Fsp3) is 0.188. The molecule has 4 aromatic rings. The molecule has 0 aliphatic carbocycles. The first-order valence-electron chi connectivity index (χ1n) is 13.4. The van der Waals surface area contributed by atoms with Gasteiger partial charge in [-0.1, -0.05) is 36.4 Å². The summed E-state index contributed by atoms with van der Waals surface area (Å²) in [7, 11) is 3.11. The van der Waals surface area contributed by atoms with Crippen LogP contribution in [0.1, 0.15) is 49.8 Å². The highest BCUT2D eigenvalue weighted by atomic mass is 16.5. The van der Waals surface area contributed by atoms with E-state index >= 15 is 0 Å². The fourth-order valence-electron chi connectivity index (χ4n) is 5.32. The van der Waals surface area contributed by atoms with Crippen LogP contribution < -0.4 is 26.7 Å². The molecule has 2 amide bonds. The van der Waals surface area contributed by atoms with Gasteiger partial charge >= 0.3 is 0 Å². The third kappa shape index (κ3) is 5.73. The number of fused-ring (bicyclic) bond motifs is 1. The average Bonchev–Trinajstić information content (AvgIpc) is 3.00. The van der Waals surface area contributed by atoms with Crippen molar-refractivity contribution in [1.29, 1.82) is 0 Å². The number of nitrogen functional groups attached to an aromatic ring is 2. The Morgan fingerprint density at radius 3 is 2.50 bits per heavy atom. The Kier molecular flexibility index (Phi) is 8.05. The summed E-state index contributed by atoms with van der Waals surface area (Å²) in [6.07, 6.45) is 6.01. The number of carbonyl (C=O) groups excluding carboxylic acids is 2. The Morgan fingerprint density at radius 2 is 1.81 bits per heavy atom. The van der Waals surface area contributed by atoms with Crippen molar-refractivity contribution in [2.24, 2.45) is 5.73 Å². The van der Waals surface area contributed by atoms with Crippen LogP contribution in [0.25, 0.3) is 6.08 Å². The smallest absolute Gasteiger partial charge is 0.248 e. The van der Waals surface area contributed by atoms with Crippen LogP contribution in [-0.2, 0) is 17.6 Å². The van der Waals surface area contributed by atoms with Gasteiger partial charge in [-0.3, -0.25) is 9.59 Å². The van der Waals surface area contributed by atoms with Gasteiger partial charge in [-0.05, 0) is 59.0 Å². The number of primary amides is 1. The highest BCUT2D eigenvalue weighted by Crippen LogP contribution is 2.37. The van der Waals surface area contributed by atoms with Gasteiger partial charge < -0.3 is 31.6 Å². The predicted molar refractivity (Wildman–Crippen MR) is 161 cm³/mol. The van der Waals surface area contributed by atoms with Crippen molar-refractivity contribution in [2.45, 2.75) is 18.9 Å². The van der Waals surface area contributed by atoms with E-state index in [1.54, 1.807) is 44.7 Å². The molecule has 6 N–H and O–H groups in total. The van der Waals surface area contributed by atoms with E-state index in [0.29, 0.717) is 47.0 Å². The highest BCUT2D eigenvalue weighted by Gasteiger charge is 2.31. The maximum absolute atomic E-state index is 13.8. The zero-order valence-corrected chi connectivity index (χ0v) is 23.4. The Hall–Kier alpha value is -5.38. The summed E-state index contributed by atoms with van der Waals surface area (Å²) in [6.45, 7) is 0.527. The number of benzene rings is 3. The van der Waals surface area contributed by atoms with E-state index in [2.05, 4.69) is 16.0 Å². The molecule has 1 aromatic heterocycles. The molecule has 10 heteroatoms. The lowest BCUT2D eigenvalue weighted by Gasteiger charge is -2.37. The first-order valence-corrected chi connectivity index (χ1v) is 13.4. The molecule has 2 heterocycles. The fourth-order valence-corrected chi connectivity index (χ4v) is 5.32. The number of rotatable bonds is 8.